The Hall–Kier alpha value is -3.34. The van der Waals surface area contributed by atoms with E-state index in [1.54, 1.807) is 24.3 Å². The molecule has 3 aliphatic rings. The van der Waals surface area contributed by atoms with Crippen molar-refractivity contribution in [2.75, 3.05) is 4.90 Å². The van der Waals surface area contributed by atoms with E-state index < -0.39 is 23.7 Å². The van der Waals surface area contributed by atoms with Crippen LogP contribution in [0.5, 0.6) is 23.0 Å². The van der Waals surface area contributed by atoms with Crippen molar-refractivity contribution < 1.29 is 34.4 Å². The molecule has 3 aliphatic heterocycles. The highest BCUT2D eigenvalue weighted by Gasteiger charge is 2.54. The van der Waals surface area contributed by atoms with Crippen LogP contribution in [0, 0.1) is 0 Å². The third-order valence-corrected chi connectivity index (χ3v) is 8.23. The van der Waals surface area contributed by atoms with E-state index in [0.29, 0.717) is 22.4 Å². The molecule has 3 heterocycles. The van der Waals surface area contributed by atoms with Gasteiger partial charge in [0.05, 0.1) is 14.5 Å². The highest BCUT2D eigenvalue weighted by Crippen LogP contribution is 2.57. The van der Waals surface area contributed by atoms with Crippen molar-refractivity contribution in [3.05, 3.63) is 85.8 Å². The summed E-state index contributed by atoms with van der Waals surface area (Å²) in [5.41, 5.74) is 0.593. The van der Waals surface area contributed by atoms with Crippen LogP contribution in [0.15, 0.2) is 63.6 Å². The number of phenolic OH excluding ortho intramolecular Hbond substituents is 2. The fraction of sp³-hybridized carbons (Fsp3) is 0.0833. The monoisotopic (exact) mass is 585 g/mol. The van der Waals surface area contributed by atoms with Gasteiger partial charge in [-0.1, -0.05) is 6.07 Å². The van der Waals surface area contributed by atoms with Gasteiger partial charge in [0.1, 0.15) is 23.0 Å². The zero-order valence-electron chi connectivity index (χ0n) is 17.0. The molecular weight excluding hydrogens is 574 g/mol. The zero-order valence-corrected chi connectivity index (χ0v) is 20.1. The minimum Gasteiger partial charge on any atom is -0.508 e. The maximum Gasteiger partial charge on any atom is 0.340 e. The van der Waals surface area contributed by atoms with Crippen molar-refractivity contribution >= 4 is 49.4 Å². The second-order valence-electron chi connectivity index (χ2n) is 7.97. The number of amides is 1. The summed E-state index contributed by atoms with van der Waals surface area (Å²) in [4.78, 5) is 27.0. The Labute approximate surface area is 208 Å². The van der Waals surface area contributed by atoms with Gasteiger partial charge < -0.3 is 24.8 Å². The fourth-order valence-corrected chi connectivity index (χ4v) is 5.42. The number of ether oxygens (including phenoxy) is 2. The van der Waals surface area contributed by atoms with Crippen LogP contribution >= 0.6 is 31.9 Å². The molecule has 0 radical (unpaired) electrons. The van der Waals surface area contributed by atoms with E-state index in [2.05, 4.69) is 31.9 Å². The smallest absolute Gasteiger partial charge is 0.340 e. The van der Waals surface area contributed by atoms with Crippen molar-refractivity contribution in [3.8, 4) is 23.0 Å². The van der Waals surface area contributed by atoms with Gasteiger partial charge in [0.25, 0.3) is 5.91 Å². The predicted molar refractivity (Wildman–Crippen MR) is 126 cm³/mol. The maximum absolute atomic E-state index is 13.2. The van der Waals surface area contributed by atoms with Crippen molar-refractivity contribution in [1.29, 1.82) is 0 Å². The van der Waals surface area contributed by atoms with E-state index >= 15 is 0 Å². The molecule has 0 aliphatic carbocycles. The summed E-state index contributed by atoms with van der Waals surface area (Å²) in [6.07, 6.45) is -1.25. The van der Waals surface area contributed by atoms with E-state index in [1.807, 2.05) is 0 Å². The summed E-state index contributed by atoms with van der Waals surface area (Å²) in [6, 6.07) is 13.7. The van der Waals surface area contributed by atoms with Crippen LogP contribution in [0.25, 0.3) is 0 Å². The number of carbonyl (C=O) groups is 2. The zero-order chi connectivity index (χ0) is 23.9. The number of fused-ring (bicyclic) bond motifs is 6. The highest BCUT2D eigenvalue weighted by molar-refractivity contribution is 9.14. The fourth-order valence-electron chi connectivity index (χ4n) is 4.65. The van der Waals surface area contributed by atoms with Crippen LogP contribution < -0.4 is 9.64 Å². The topological polar surface area (TPSA) is 117 Å². The van der Waals surface area contributed by atoms with Crippen molar-refractivity contribution in [3.63, 3.8) is 0 Å². The van der Waals surface area contributed by atoms with Crippen LogP contribution in [0.2, 0.25) is 0 Å². The number of aliphatic hydroxyl groups is 1. The third kappa shape index (κ3) is 2.67. The second-order valence-corrected chi connectivity index (χ2v) is 9.62. The normalized spacial score (nSPS) is 19.6. The van der Waals surface area contributed by atoms with E-state index in [4.69, 9.17) is 9.47 Å². The van der Waals surface area contributed by atoms with Crippen LogP contribution in [-0.2, 0) is 15.1 Å². The van der Waals surface area contributed by atoms with Crippen LogP contribution in [0.1, 0.15) is 27.0 Å². The first-order valence-electron chi connectivity index (χ1n) is 10.0. The molecule has 3 aromatic carbocycles. The van der Waals surface area contributed by atoms with Gasteiger partial charge in [-0.25, -0.2) is 4.79 Å². The number of nitrogens with zero attached hydrogens (tertiary/aromatic N) is 1. The summed E-state index contributed by atoms with van der Waals surface area (Å²) < 4.78 is 12.4. The number of phenols is 2. The Balaban J connectivity index is 1.57. The lowest BCUT2D eigenvalue weighted by atomic mass is 9.77. The lowest BCUT2D eigenvalue weighted by Crippen LogP contribution is -2.35. The van der Waals surface area contributed by atoms with E-state index in [1.165, 1.54) is 30.3 Å². The average Bonchev–Trinajstić information content (AvgIpc) is 3.19. The Bertz CT molecular complexity index is 1430. The standard InChI is InChI=1S/C24H13Br2NO7/c25-19-20(26)22(31)27(21(19)30)10-1-4-14-13(7-10)23(32)34-24(14)15-5-2-11(28)8-17(15)33-18-9-12(29)3-6-16(18)24/h1-9,21,28-30H. The number of aliphatic hydroxyl groups excluding tert-OH is 1. The molecule has 1 spiro atoms. The van der Waals surface area contributed by atoms with Crippen molar-refractivity contribution in [2.24, 2.45) is 0 Å². The van der Waals surface area contributed by atoms with Crippen LogP contribution in [-0.4, -0.2) is 33.4 Å². The summed E-state index contributed by atoms with van der Waals surface area (Å²) >= 11 is 6.36. The molecule has 1 amide bonds. The highest BCUT2D eigenvalue weighted by atomic mass is 79.9. The number of hydrogen-bond acceptors (Lipinski definition) is 7. The maximum atomic E-state index is 13.2. The van der Waals surface area contributed by atoms with E-state index in [-0.39, 0.29) is 37.5 Å². The minimum atomic E-state index is -1.40. The molecular formula is C24H13Br2NO7. The average molecular weight is 587 g/mol. The van der Waals surface area contributed by atoms with E-state index in [9.17, 15) is 24.9 Å². The molecule has 0 saturated carbocycles. The lowest BCUT2D eigenvalue weighted by molar-refractivity contribution is -0.114. The SMILES string of the molecule is O=C1OC2(c3ccc(O)cc3Oc3cc(O)ccc32)c2ccc(N3C(=O)C(Br)=C(Br)C3O)cc21. The van der Waals surface area contributed by atoms with Gasteiger partial charge in [-0.05, 0) is 68.3 Å². The van der Waals surface area contributed by atoms with Gasteiger partial charge in [-0.3, -0.25) is 9.69 Å². The third-order valence-electron chi connectivity index (χ3n) is 6.12. The number of anilines is 1. The van der Waals surface area contributed by atoms with Crippen molar-refractivity contribution in [1.82, 2.24) is 0 Å². The second kappa shape index (κ2) is 7.08. The minimum absolute atomic E-state index is 0.0393. The molecule has 6 rings (SSSR count). The van der Waals surface area contributed by atoms with E-state index in [0.717, 1.165) is 4.90 Å². The van der Waals surface area contributed by atoms with Crippen molar-refractivity contribution in [2.45, 2.75) is 11.8 Å². The number of halogens is 2. The Kier molecular flexibility index (Phi) is 4.42. The molecule has 1 unspecified atom stereocenters. The quantitative estimate of drug-likeness (QED) is 0.363. The molecule has 1 atom stereocenters. The van der Waals surface area contributed by atoms with Gasteiger partial charge in [0.15, 0.2) is 11.8 Å². The van der Waals surface area contributed by atoms with Gasteiger partial charge in [0.2, 0.25) is 0 Å². The first-order chi connectivity index (χ1) is 16.2. The number of aromatic hydroxyl groups is 2. The Morgan fingerprint density at radius 3 is 2.00 bits per heavy atom. The summed E-state index contributed by atoms with van der Waals surface area (Å²) in [6.45, 7) is 0. The number of benzene rings is 3. The first-order valence-corrected chi connectivity index (χ1v) is 11.6. The van der Waals surface area contributed by atoms with Crippen LogP contribution in [0.3, 0.4) is 0 Å². The van der Waals surface area contributed by atoms with Gasteiger partial charge in [-0.15, -0.1) is 0 Å². The summed E-state index contributed by atoms with van der Waals surface area (Å²) in [5.74, 6) is -0.641. The number of rotatable bonds is 1. The Morgan fingerprint density at radius 2 is 1.44 bits per heavy atom. The molecule has 3 N–H and O–H groups in total. The van der Waals surface area contributed by atoms with Gasteiger partial charge >= 0.3 is 5.97 Å². The largest absolute Gasteiger partial charge is 0.508 e. The molecule has 10 heteroatoms. The molecule has 0 bridgehead atoms. The molecule has 8 nitrogen and oxygen atoms in total. The lowest BCUT2D eigenvalue weighted by Gasteiger charge is -2.36. The number of carbonyl (C=O) groups excluding carboxylic acids is 2. The molecule has 3 aromatic rings. The Morgan fingerprint density at radius 1 is 0.853 bits per heavy atom. The van der Waals surface area contributed by atoms with Gasteiger partial charge in [-0.2, -0.15) is 0 Å². The molecule has 0 aromatic heterocycles. The first kappa shape index (κ1) is 21.2. The molecule has 0 saturated heterocycles. The summed E-state index contributed by atoms with van der Waals surface area (Å²) in [7, 11) is 0. The molecule has 170 valence electrons. The number of hydrogen-bond donors (Lipinski definition) is 3. The van der Waals surface area contributed by atoms with Gasteiger partial charge in [0, 0.05) is 34.5 Å². The number of esters is 1. The summed E-state index contributed by atoms with van der Waals surface area (Å²) in [5, 5.41) is 30.5. The molecule has 0 fully saturated rings. The molecule has 34 heavy (non-hydrogen) atoms. The van der Waals surface area contributed by atoms with Crippen LogP contribution in [0.4, 0.5) is 5.69 Å². The predicted octanol–water partition coefficient (Wildman–Crippen LogP) is 4.33.